The van der Waals surface area contributed by atoms with Crippen molar-refractivity contribution in [3.8, 4) is 5.75 Å². The van der Waals surface area contributed by atoms with Crippen molar-refractivity contribution < 1.29 is 14.3 Å². The first kappa shape index (κ1) is 16.8. The highest BCUT2D eigenvalue weighted by Gasteiger charge is 2.41. The summed E-state index contributed by atoms with van der Waals surface area (Å²) in [4.78, 5) is 12.3. The van der Waals surface area contributed by atoms with Crippen LogP contribution in [0.4, 0.5) is 0 Å². The Morgan fingerprint density at radius 2 is 1.91 bits per heavy atom. The normalized spacial score (nSPS) is 24.3. The summed E-state index contributed by atoms with van der Waals surface area (Å²) in [5.74, 6) is 0.831. The molecule has 122 valence electrons. The summed E-state index contributed by atoms with van der Waals surface area (Å²) >= 11 is 0. The maximum absolute atomic E-state index is 12.3. The van der Waals surface area contributed by atoms with E-state index in [1.807, 2.05) is 24.3 Å². The zero-order chi connectivity index (χ0) is 16.0. The van der Waals surface area contributed by atoms with Crippen LogP contribution in [0.15, 0.2) is 24.3 Å². The van der Waals surface area contributed by atoms with Gasteiger partial charge >= 0.3 is 0 Å². The van der Waals surface area contributed by atoms with Crippen LogP contribution in [0.2, 0.25) is 0 Å². The molecule has 0 aromatic heterocycles. The lowest BCUT2D eigenvalue weighted by Gasteiger charge is -2.28. The molecule has 0 radical (unpaired) electrons. The maximum Gasteiger partial charge on any atom is 0.243 e. The van der Waals surface area contributed by atoms with Gasteiger partial charge in [0.15, 0.2) is 0 Å². The van der Waals surface area contributed by atoms with Gasteiger partial charge in [-0.3, -0.25) is 10.1 Å². The van der Waals surface area contributed by atoms with Gasteiger partial charge in [0.25, 0.3) is 0 Å². The Morgan fingerprint density at radius 3 is 2.50 bits per heavy atom. The van der Waals surface area contributed by atoms with Crippen molar-refractivity contribution in [1.82, 2.24) is 10.6 Å². The molecule has 5 heteroatoms. The van der Waals surface area contributed by atoms with Crippen molar-refractivity contribution in [3.63, 3.8) is 0 Å². The van der Waals surface area contributed by atoms with Crippen LogP contribution in [0.3, 0.4) is 0 Å². The number of amides is 1. The van der Waals surface area contributed by atoms with Crippen LogP contribution in [-0.4, -0.2) is 31.9 Å². The molecule has 0 saturated carbocycles. The molecule has 1 aliphatic rings. The van der Waals surface area contributed by atoms with E-state index < -0.39 is 0 Å². The number of nitrogens with one attached hydrogen (secondary N) is 2. The Balaban J connectivity index is 2.03. The van der Waals surface area contributed by atoms with E-state index in [1.165, 1.54) is 0 Å². The molecule has 1 fully saturated rings. The Kier molecular flexibility index (Phi) is 5.80. The lowest BCUT2D eigenvalue weighted by molar-refractivity contribution is -0.121. The lowest BCUT2D eigenvalue weighted by Crippen LogP contribution is -2.49. The average Bonchev–Trinajstić information content (AvgIpc) is 2.86. The van der Waals surface area contributed by atoms with E-state index in [2.05, 4.69) is 24.5 Å². The fourth-order valence-electron chi connectivity index (χ4n) is 2.85. The van der Waals surface area contributed by atoms with Gasteiger partial charge in [-0.25, -0.2) is 0 Å². The number of carbonyl (C=O) groups is 1. The third-order valence-electron chi connectivity index (χ3n) is 4.10. The van der Waals surface area contributed by atoms with Crippen molar-refractivity contribution in [1.29, 1.82) is 0 Å². The van der Waals surface area contributed by atoms with Crippen molar-refractivity contribution in [2.45, 2.75) is 44.8 Å². The van der Waals surface area contributed by atoms with Gasteiger partial charge < -0.3 is 14.8 Å². The van der Waals surface area contributed by atoms with E-state index in [4.69, 9.17) is 9.47 Å². The van der Waals surface area contributed by atoms with Gasteiger partial charge in [-0.15, -0.1) is 0 Å². The summed E-state index contributed by atoms with van der Waals surface area (Å²) in [7, 11) is 1.65. The standard InChI is InChI=1S/C17H26N2O3/c1-4-10-17(5-2)18-15(16(20)19-17)13-6-8-14(9-7-13)22-12-11-21-3/h6-9,15,18H,4-5,10-12H2,1-3H3,(H,19,20). The van der Waals surface area contributed by atoms with Gasteiger partial charge in [-0.05, 0) is 30.5 Å². The average molecular weight is 306 g/mol. The first-order valence-corrected chi connectivity index (χ1v) is 7.95. The molecule has 22 heavy (non-hydrogen) atoms. The fraction of sp³-hybridized carbons (Fsp3) is 0.588. The van der Waals surface area contributed by atoms with Crippen LogP contribution in [0, 0.1) is 0 Å². The predicted octanol–water partition coefficient (Wildman–Crippen LogP) is 2.38. The number of methoxy groups -OCH3 is 1. The number of benzene rings is 1. The van der Waals surface area contributed by atoms with Crippen LogP contribution in [-0.2, 0) is 9.53 Å². The molecule has 0 bridgehead atoms. The SMILES string of the molecule is CCCC1(CC)NC(=O)C(c2ccc(OCCOC)cc2)N1. The molecule has 0 aliphatic carbocycles. The molecular formula is C17H26N2O3. The Morgan fingerprint density at radius 1 is 1.18 bits per heavy atom. The zero-order valence-corrected chi connectivity index (χ0v) is 13.6. The Labute approximate surface area is 132 Å². The number of hydrogen-bond acceptors (Lipinski definition) is 4. The van der Waals surface area contributed by atoms with Gasteiger partial charge in [0.1, 0.15) is 18.4 Å². The van der Waals surface area contributed by atoms with Crippen molar-refractivity contribution >= 4 is 5.91 Å². The molecule has 1 aromatic carbocycles. The molecule has 2 N–H and O–H groups in total. The largest absolute Gasteiger partial charge is 0.491 e. The minimum Gasteiger partial charge on any atom is -0.491 e. The lowest BCUT2D eigenvalue weighted by atomic mass is 10.0. The molecule has 2 rings (SSSR count). The molecule has 1 heterocycles. The minimum atomic E-state index is -0.292. The van der Waals surface area contributed by atoms with Crippen LogP contribution in [0.5, 0.6) is 5.75 Å². The summed E-state index contributed by atoms with van der Waals surface area (Å²) in [5.41, 5.74) is 0.687. The maximum atomic E-state index is 12.3. The van der Waals surface area contributed by atoms with Crippen molar-refractivity contribution in [2.24, 2.45) is 0 Å². The summed E-state index contributed by atoms with van der Waals surface area (Å²) in [6.07, 6.45) is 2.84. The molecule has 1 aromatic rings. The molecule has 2 atom stereocenters. The van der Waals surface area contributed by atoms with Crippen molar-refractivity contribution in [3.05, 3.63) is 29.8 Å². The summed E-state index contributed by atoms with van der Waals surface area (Å²) in [6, 6.07) is 7.38. The van der Waals surface area contributed by atoms with Gasteiger partial charge in [0.05, 0.1) is 12.3 Å². The Bertz CT molecular complexity index is 489. The van der Waals surface area contributed by atoms with E-state index >= 15 is 0 Å². The molecule has 0 spiro atoms. The molecule has 1 aliphatic heterocycles. The summed E-state index contributed by atoms with van der Waals surface area (Å²) < 4.78 is 10.5. The first-order valence-electron chi connectivity index (χ1n) is 7.95. The highest BCUT2D eigenvalue weighted by molar-refractivity contribution is 5.86. The number of ether oxygens (including phenoxy) is 2. The zero-order valence-electron chi connectivity index (χ0n) is 13.6. The van der Waals surface area contributed by atoms with Crippen LogP contribution < -0.4 is 15.4 Å². The fourth-order valence-corrected chi connectivity index (χ4v) is 2.85. The van der Waals surface area contributed by atoms with Gasteiger partial charge in [0.2, 0.25) is 5.91 Å². The Hall–Kier alpha value is -1.59. The molecule has 5 nitrogen and oxygen atoms in total. The second-order valence-corrected chi connectivity index (χ2v) is 5.66. The third-order valence-corrected chi connectivity index (χ3v) is 4.10. The topological polar surface area (TPSA) is 59.6 Å². The summed E-state index contributed by atoms with van der Waals surface area (Å²) in [6.45, 7) is 5.31. The van der Waals surface area contributed by atoms with E-state index in [9.17, 15) is 4.79 Å². The second-order valence-electron chi connectivity index (χ2n) is 5.66. The minimum absolute atomic E-state index is 0.0448. The third kappa shape index (κ3) is 3.78. The van der Waals surface area contributed by atoms with Gasteiger partial charge in [0, 0.05) is 7.11 Å². The predicted molar refractivity (Wildman–Crippen MR) is 85.8 cm³/mol. The molecule has 1 saturated heterocycles. The monoisotopic (exact) mass is 306 g/mol. The number of rotatable bonds is 8. The van der Waals surface area contributed by atoms with E-state index in [0.717, 1.165) is 30.6 Å². The molecular weight excluding hydrogens is 280 g/mol. The van der Waals surface area contributed by atoms with Crippen molar-refractivity contribution in [2.75, 3.05) is 20.3 Å². The first-order chi connectivity index (χ1) is 10.6. The molecule has 1 amide bonds. The molecule has 2 unspecified atom stereocenters. The van der Waals surface area contributed by atoms with E-state index in [0.29, 0.717) is 13.2 Å². The summed E-state index contributed by atoms with van der Waals surface area (Å²) in [5, 5.41) is 6.60. The van der Waals surface area contributed by atoms with Gasteiger partial charge in [-0.2, -0.15) is 0 Å². The highest BCUT2D eigenvalue weighted by atomic mass is 16.5. The van der Waals surface area contributed by atoms with E-state index in [-0.39, 0.29) is 17.6 Å². The second kappa shape index (κ2) is 7.61. The smallest absolute Gasteiger partial charge is 0.243 e. The highest BCUT2D eigenvalue weighted by Crippen LogP contribution is 2.28. The number of carbonyl (C=O) groups excluding carboxylic acids is 1. The van der Waals surface area contributed by atoms with Crippen LogP contribution in [0.25, 0.3) is 0 Å². The van der Waals surface area contributed by atoms with Crippen LogP contribution in [0.1, 0.15) is 44.7 Å². The van der Waals surface area contributed by atoms with Gasteiger partial charge in [-0.1, -0.05) is 32.4 Å². The number of hydrogen-bond donors (Lipinski definition) is 2. The van der Waals surface area contributed by atoms with E-state index in [1.54, 1.807) is 7.11 Å². The van der Waals surface area contributed by atoms with Crippen LogP contribution >= 0.6 is 0 Å². The quantitative estimate of drug-likeness (QED) is 0.724.